The van der Waals surface area contributed by atoms with E-state index in [0.29, 0.717) is 16.2 Å². The predicted octanol–water partition coefficient (Wildman–Crippen LogP) is 9.65. The molecule has 33 heavy (non-hydrogen) atoms. The maximum Gasteiger partial charge on any atom is 0.0122 e. The number of rotatable bonds is 6. The Balaban J connectivity index is 1.52. The fraction of sp³-hybridized carbons (Fsp3) is 0.871. The summed E-state index contributed by atoms with van der Waals surface area (Å²) in [4.78, 5) is 0. The topological polar surface area (TPSA) is 0 Å². The summed E-state index contributed by atoms with van der Waals surface area (Å²) in [5.74, 6) is 4.25. The smallest absolute Gasteiger partial charge is 0.0122 e. The molecule has 0 radical (unpaired) electrons. The van der Waals surface area contributed by atoms with Gasteiger partial charge in [-0.3, -0.25) is 0 Å². The molecule has 4 fully saturated rings. The average Bonchev–Trinajstić information content (AvgIpc) is 3.41. The van der Waals surface area contributed by atoms with Crippen molar-refractivity contribution in [1.82, 2.24) is 0 Å². The molecule has 5 aliphatic carbocycles. The van der Waals surface area contributed by atoms with Crippen molar-refractivity contribution < 1.29 is 0 Å². The van der Waals surface area contributed by atoms with Crippen LogP contribution in [0.25, 0.3) is 0 Å². The first-order valence-corrected chi connectivity index (χ1v) is 16.3. The monoisotopic (exact) mass is 486 g/mol. The van der Waals surface area contributed by atoms with Crippen LogP contribution in [-0.4, -0.2) is 10.3 Å². The van der Waals surface area contributed by atoms with Crippen molar-refractivity contribution in [3.8, 4) is 0 Å². The van der Waals surface area contributed by atoms with Crippen LogP contribution >= 0.6 is 18.5 Å². The van der Waals surface area contributed by atoms with Gasteiger partial charge in [0.15, 0.2) is 0 Å². The summed E-state index contributed by atoms with van der Waals surface area (Å²) in [6, 6.07) is 0. The largest absolute Gasteiger partial charge is 0.130 e. The van der Waals surface area contributed by atoms with Gasteiger partial charge in [-0.25, -0.2) is 0 Å². The van der Waals surface area contributed by atoms with Gasteiger partial charge < -0.3 is 0 Å². The van der Waals surface area contributed by atoms with Crippen LogP contribution < -0.4 is 0 Å². The molecular formula is C31H52P2. The molecular weight excluding hydrogens is 434 g/mol. The highest BCUT2D eigenvalue weighted by Gasteiger charge is 2.54. The number of hydrogen-bond donors (Lipinski definition) is 0. The third-order valence-corrected chi connectivity index (χ3v) is 13.7. The van der Waals surface area contributed by atoms with Crippen LogP contribution in [-0.2, 0) is 0 Å². The van der Waals surface area contributed by atoms with Crippen LogP contribution in [0, 0.1) is 29.6 Å². The minimum absolute atomic E-state index is 0.347. The Bertz CT molecular complexity index is 646. The van der Waals surface area contributed by atoms with Crippen molar-refractivity contribution in [3.05, 3.63) is 23.8 Å². The zero-order valence-corrected chi connectivity index (χ0v) is 23.7. The summed E-state index contributed by atoms with van der Waals surface area (Å²) >= 11 is 0. The van der Waals surface area contributed by atoms with Gasteiger partial charge in [-0.1, -0.05) is 101 Å². The predicted molar refractivity (Wildman–Crippen MR) is 152 cm³/mol. The van der Waals surface area contributed by atoms with E-state index in [2.05, 4.69) is 36.7 Å². The Hall–Kier alpha value is 0.340. The second-order valence-electron chi connectivity index (χ2n) is 12.8. The molecule has 3 atom stereocenters. The lowest BCUT2D eigenvalue weighted by molar-refractivity contribution is 0.133. The first kappa shape index (κ1) is 25.0. The van der Waals surface area contributed by atoms with Crippen molar-refractivity contribution in [2.75, 3.05) is 0 Å². The quantitative estimate of drug-likeness (QED) is 0.328. The molecule has 3 unspecified atom stereocenters. The van der Waals surface area contributed by atoms with Gasteiger partial charge in [-0.05, 0) is 75.0 Å². The third kappa shape index (κ3) is 4.85. The van der Waals surface area contributed by atoms with E-state index in [-0.39, 0.29) is 0 Å². The van der Waals surface area contributed by atoms with E-state index >= 15 is 0 Å². The normalized spacial score (nSPS) is 30.0. The second-order valence-corrected chi connectivity index (χ2v) is 14.7. The molecule has 0 nitrogen and oxygen atoms in total. The van der Waals surface area contributed by atoms with E-state index in [1.807, 2.05) is 5.57 Å². The van der Waals surface area contributed by atoms with Crippen molar-refractivity contribution in [2.45, 2.75) is 139 Å². The minimum Gasteiger partial charge on any atom is -0.130 e. The molecule has 4 saturated carbocycles. The summed E-state index contributed by atoms with van der Waals surface area (Å²) in [6.07, 6.45) is 37.3. The third-order valence-electron chi connectivity index (χ3n) is 11.1. The Morgan fingerprint density at radius 2 is 0.879 bits per heavy atom. The maximum absolute atomic E-state index is 3.65. The highest BCUT2D eigenvalue weighted by atomic mass is 31.0. The summed E-state index contributed by atoms with van der Waals surface area (Å²) in [7, 11) is 7.29. The van der Waals surface area contributed by atoms with E-state index in [9.17, 15) is 0 Å². The lowest BCUT2D eigenvalue weighted by Gasteiger charge is -2.56. The van der Waals surface area contributed by atoms with Gasteiger partial charge in [-0.15, -0.1) is 18.5 Å². The molecule has 0 N–H and O–H groups in total. The van der Waals surface area contributed by atoms with Gasteiger partial charge in [0.05, 0.1) is 0 Å². The van der Waals surface area contributed by atoms with Crippen LogP contribution in [0.1, 0.15) is 128 Å². The van der Waals surface area contributed by atoms with E-state index in [1.165, 1.54) is 128 Å². The first-order valence-electron chi connectivity index (χ1n) is 15.1. The summed E-state index contributed by atoms with van der Waals surface area (Å²) in [5.41, 5.74) is 1.87. The first-order chi connectivity index (χ1) is 16.1. The van der Waals surface area contributed by atoms with Gasteiger partial charge >= 0.3 is 0 Å². The zero-order valence-electron chi connectivity index (χ0n) is 21.4. The van der Waals surface area contributed by atoms with E-state index in [4.69, 9.17) is 0 Å². The van der Waals surface area contributed by atoms with Gasteiger partial charge in [0.25, 0.3) is 0 Å². The van der Waals surface area contributed by atoms with E-state index in [1.54, 1.807) is 0 Å². The van der Waals surface area contributed by atoms with E-state index < -0.39 is 0 Å². The molecule has 2 heteroatoms. The molecule has 0 aromatic heterocycles. The van der Waals surface area contributed by atoms with Crippen molar-refractivity contribution >= 4 is 18.5 Å². The van der Waals surface area contributed by atoms with Crippen molar-refractivity contribution in [2.24, 2.45) is 29.6 Å². The van der Waals surface area contributed by atoms with Crippen LogP contribution in [0.3, 0.4) is 0 Å². The molecule has 186 valence electrons. The SMILES string of the molecule is PC(C1=CC=CC1C(P)(C1CCCCC1)C1CCCCC1)(C1CCCCC1)C1CCCCC1. The molecule has 0 aromatic rings. The molecule has 0 bridgehead atoms. The molecule has 0 aromatic carbocycles. The second kappa shape index (κ2) is 11.2. The van der Waals surface area contributed by atoms with Crippen LogP contribution in [0.4, 0.5) is 0 Å². The fourth-order valence-electron chi connectivity index (χ4n) is 9.34. The van der Waals surface area contributed by atoms with Gasteiger partial charge in [0.1, 0.15) is 0 Å². The lowest BCUT2D eigenvalue weighted by Crippen LogP contribution is -2.52. The molecule has 0 heterocycles. The summed E-state index contributed by atoms with van der Waals surface area (Å²) < 4.78 is 0. The molecule has 0 aliphatic heterocycles. The van der Waals surface area contributed by atoms with Gasteiger partial charge in [-0.2, -0.15) is 0 Å². The van der Waals surface area contributed by atoms with Gasteiger partial charge in [0.2, 0.25) is 0 Å². The molecule has 5 rings (SSSR count). The van der Waals surface area contributed by atoms with Crippen LogP contribution in [0.15, 0.2) is 23.8 Å². The minimum atomic E-state index is 0.347. The highest BCUT2D eigenvalue weighted by molar-refractivity contribution is 7.20. The Labute approximate surface area is 210 Å². The summed E-state index contributed by atoms with van der Waals surface area (Å²) in [6.45, 7) is 0. The Morgan fingerprint density at radius 3 is 1.27 bits per heavy atom. The fourth-order valence-corrected chi connectivity index (χ4v) is 11.2. The summed E-state index contributed by atoms with van der Waals surface area (Å²) in [5, 5.41) is 0.741. The molecule has 0 amide bonds. The van der Waals surface area contributed by atoms with Crippen LogP contribution in [0.5, 0.6) is 0 Å². The zero-order chi connectivity index (χ0) is 22.7. The van der Waals surface area contributed by atoms with Crippen molar-refractivity contribution in [3.63, 3.8) is 0 Å². The molecule has 0 saturated heterocycles. The van der Waals surface area contributed by atoms with Crippen molar-refractivity contribution in [1.29, 1.82) is 0 Å². The molecule has 0 spiro atoms. The standard InChI is InChI=1S/C31H52P2/c32-30(24-14-5-1-6-15-24,25-16-7-2-8-17-25)28-22-13-23-29(28)31(33,26-18-9-3-10-19-26)27-20-11-4-12-21-27/h13,22-28H,1-12,14-21,32-33H2. The number of hydrogen-bond acceptors (Lipinski definition) is 0. The maximum atomic E-state index is 3.65. The number of allylic oxidation sites excluding steroid dienone is 4. The van der Waals surface area contributed by atoms with Gasteiger partial charge in [0, 0.05) is 16.2 Å². The lowest BCUT2D eigenvalue weighted by atomic mass is 9.58. The highest BCUT2D eigenvalue weighted by Crippen LogP contribution is 2.62. The van der Waals surface area contributed by atoms with E-state index in [0.717, 1.165) is 23.7 Å². The average molecular weight is 487 g/mol. The van der Waals surface area contributed by atoms with Crippen LogP contribution in [0.2, 0.25) is 0 Å². The Kier molecular flexibility index (Phi) is 8.46. The Morgan fingerprint density at radius 1 is 0.515 bits per heavy atom. The molecule has 5 aliphatic rings.